The van der Waals surface area contributed by atoms with Gasteiger partial charge in [-0.2, -0.15) is 4.31 Å². The number of halogens is 3. The molecule has 0 bridgehead atoms. The molecule has 11 heteroatoms. The van der Waals surface area contributed by atoms with E-state index in [1.807, 2.05) is 0 Å². The van der Waals surface area contributed by atoms with Crippen LogP contribution in [0.5, 0.6) is 0 Å². The highest BCUT2D eigenvalue weighted by Crippen LogP contribution is 2.32. The quantitative estimate of drug-likeness (QED) is 0.674. The molecule has 0 radical (unpaired) electrons. The fraction of sp³-hybridized carbons (Fsp3) is 0.294. The van der Waals surface area contributed by atoms with Crippen LogP contribution in [0.3, 0.4) is 0 Å². The lowest BCUT2D eigenvalue weighted by atomic mass is 10.2. The summed E-state index contributed by atoms with van der Waals surface area (Å²) in [5.41, 5.74) is 0.0576. The van der Waals surface area contributed by atoms with Gasteiger partial charge in [0, 0.05) is 18.1 Å². The van der Waals surface area contributed by atoms with Gasteiger partial charge in [0.05, 0.1) is 28.9 Å². The summed E-state index contributed by atoms with van der Waals surface area (Å²) in [6.45, 7) is 0.840. The highest BCUT2D eigenvalue weighted by atomic mass is 35.5. The van der Waals surface area contributed by atoms with Crippen LogP contribution >= 0.6 is 23.2 Å². The van der Waals surface area contributed by atoms with E-state index in [2.05, 4.69) is 0 Å². The molecule has 152 valence electrons. The van der Waals surface area contributed by atoms with Crippen LogP contribution < -0.4 is 0 Å². The van der Waals surface area contributed by atoms with E-state index in [1.54, 1.807) is 0 Å². The molecule has 3 rings (SSSR count). The van der Waals surface area contributed by atoms with E-state index >= 15 is 0 Å². The monoisotopic (exact) mass is 467 g/mol. The molecule has 0 aromatic heterocycles. The minimum absolute atomic E-state index is 0.00547. The molecule has 0 spiro atoms. The molecule has 1 saturated heterocycles. The molecule has 0 unspecified atom stereocenters. The van der Waals surface area contributed by atoms with Crippen LogP contribution in [-0.2, 0) is 30.4 Å². The smallest absolute Gasteiger partial charge is 0.244 e. The van der Waals surface area contributed by atoms with Gasteiger partial charge in [0.25, 0.3) is 0 Å². The Labute approximate surface area is 172 Å². The first kappa shape index (κ1) is 21.5. The van der Waals surface area contributed by atoms with Gasteiger partial charge >= 0.3 is 0 Å². The zero-order chi connectivity index (χ0) is 20.5. The molecule has 1 aliphatic rings. The number of ether oxygens (including phenoxy) is 1. The van der Waals surface area contributed by atoms with Crippen molar-refractivity contribution in [2.75, 3.05) is 26.3 Å². The maximum atomic E-state index is 13.4. The van der Waals surface area contributed by atoms with Gasteiger partial charge in [-0.15, -0.1) is 0 Å². The Hall–Kier alpha value is -1.23. The number of sulfone groups is 1. The Morgan fingerprint density at radius 1 is 1.00 bits per heavy atom. The van der Waals surface area contributed by atoms with Crippen LogP contribution in [0.25, 0.3) is 0 Å². The third-order valence-corrected chi connectivity index (χ3v) is 8.57. The van der Waals surface area contributed by atoms with E-state index in [0.29, 0.717) is 0 Å². The summed E-state index contributed by atoms with van der Waals surface area (Å²) in [5.74, 6) is -1.29. The standard InChI is InChI=1S/C17H16Cl2FNO5S2/c18-15-10-16(19)17(28(24,25)21-4-6-26-7-5-21)8-12(15)11-27(22,23)14-3-1-2-13(20)9-14/h1-3,8-10H,4-7,11H2. The largest absolute Gasteiger partial charge is 0.379 e. The van der Waals surface area contributed by atoms with Gasteiger partial charge in [0.1, 0.15) is 10.7 Å². The number of morpholine rings is 1. The molecule has 2 aromatic carbocycles. The summed E-state index contributed by atoms with van der Waals surface area (Å²) >= 11 is 12.2. The number of hydrogen-bond donors (Lipinski definition) is 0. The van der Waals surface area contributed by atoms with Crippen LogP contribution in [0.2, 0.25) is 10.0 Å². The number of benzene rings is 2. The van der Waals surface area contributed by atoms with Crippen molar-refractivity contribution in [3.05, 3.63) is 57.8 Å². The molecule has 2 aromatic rings. The van der Waals surface area contributed by atoms with E-state index in [1.165, 1.54) is 22.5 Å². The van der Waals surface area contributed by atoms with Gasteiger partial charge < -0.3 is 4.74 Å². The molecule has 0 atom stereocenters. The normalized spacial score (nSPS) is 16.2. The summed E-state index contributed by atoms with van der Waals surface area (Å²) in [6, 6.07) is 6.92. The van der Waals surface area contributed by atoms with Crippen molar-refractivity contribution in [2.24, 2.45) is 0 Å². The second kappa shape index (κ2) is 8.25. The van der Waals surface area contributed by atoms with Gasteiger partial charge in [-0.25, -0.2) is 21.2 Å². The van der Waals surface area contributed by atoms with Crippen LogP contribution in [-0.4, -0.2) is 47.4 Å². The maximum Gasteiger partial charge on any atom is 0.244 e. The van der Waals surface area contributed by atoms with E-state index in [9.17, 15) is 21.2 Å². The molecule has 0 amide bonds. The van der Waals surface area contributed by atoms with Crippen molar-refractivity contribution >= 4 is 43.1 Å². The molecule has 1 fully saturated rings. The zero-order valence-electron chi connectivity index (χ0n) is 14.4. The molecule has 0 aliphatic carbocycles. The van der Waals surface area contributed by atoms with E-state index in [4.69, 9.17) is 27.9 Å². The van der Waals surface area contributed by atoms with Crippen LogP contribution in [0.15, 0.2) is 46.2 Å². The van der Waals surface area contributed by atoms with Crippen molar-refractivity contribution < 1.29 is 26.0 Å². The Balaban J connectivity index is 2.00. The molecule has 1 aliphatic heterocycles. The lowest BCUT2D eigenvalue weighted by Gasteiger charge is -2.26. The number of nitrogens with zero attached hydrogens (tertiary/aromatic N) is 1. The topological polar surface area (TPSA) is 80.8 Å². The zero-order valence-corrected chi connectivity index (χ0v) is 17.6. The van der Waals surface area contributed by atoms with Crippen LogP contribution in [0.1, 0.15) is 5.56 Å². The highest BCUT2D eigenvalue weighted by Gasteiger charge is 2.30. The van der Waals surface area contributed by atoms with Crippen molar-refractivity contribution in [3.8, 4) is 0 Å². The summed E-state index contributed by atoms with van der Waals surface area (Å²) < 4.78 is 70.8. The summed E-state index contributed by atoms with van der Waals surface area (Å²) in [7, 11) is -7.91. The molecule has 6 nitrogen and oxygen atoms in total. The Kier molecular flexibility index (Phi) is 6.33. The molecule has 0 saturated carbocycles. The minimum atomic E-state index is -3.95. The lowest BCUT2D eigenvalue weighted by Crippen LogP contribution is -2.40. The summed E-state index contributed by atoms with van der Waals surface area (Å²) in [5, 5.41) is -0.102. The van der Waals surface area contributed by atoms with Crippen LogP contribution in [0.4, 0.5) is 4.39 Å². The number of rotatable bonds is 5. The predicted molar refractivity (Wildman–Crippen MR) is 103 cm³/mol. The second-order valence-corrected chi connectivity index (χ2v) is 10.8. The molecular formula is C17H16Cl2FNO5S2. The minimum Gasteiger partial charge on any atom is -0.379 e. The van der Waals surface area contributed by atoms with Gasteiger partial charge in [-0.1, -0.05) is 29.3 Å². The van der Waals surface area contributed by atoms with Gasteiger partial charge in [0.15, 0.2) is 9.84 Å². The highest BCUT2D eigenvalue weighted by molar-refractivity contribution is 7.90. The second-order valence-electron chi connectivity index (χ2n) is 6.11. The molecule has 1 heterocycles. The lowest BCUT2D eigenvalue weighted by molar-refractivity contribution is 0.0730. The molecule has 0 N–H and O–H groups in total. The van der Waals surface area contributed by atoms with Crippen LogP contribution in [0, 0.1) is 5.82 Å². The van der Waals surface area contributed by atoms with E-state index < -0.39 is 31.4 Å². The SMILES string of the molecule is O=S(=O)(Cc1cc(S(=O)(=O)N2CCOCC2)c(Cl)cc1Cl)c1cccc(F)c1. The third kappa shape index (κ3) is 4.50. The van der Waals surface area contributed by atoms with E-state index in [0.717, 1.165) is 18.2 Å². The van der Waals surface area contributed by atoms with Crippen molar-refractivity contribution in [1.82, 2.24) is 4.31 Å². The van der Waals surface area contributed by atoms with Gasteiger partial charge in [-0.3, -0.25) is 0 Å². The first-order valence-corrected chi connectivity index (χ1v) is 12.0. The fourth-order valence-electron chi connectivity index (χ4n) is 2.75. The summed E-state index contributed by atoms with van der Waals surface area (Å²) in [4.78, 5) is -0.457. The van der Waals surface area contributed by atoms with Crippen molar-refractivity contribution in [2.45, 2.75) is 15.5 Å². The van der Waals surface area contributed by atoms with Crippen molar-refractivity contribution in [3.63, 3.8) is 0 Å². The first-order valence-electron chi connectivity index (χ1n) is 8.15. The Bertz CT molecular complexity index is 1100. The maximum absolute atomic E-state index is 13.4. The molecule has 28 heavy (non-hydrogen) atoms. The van der Waals surface area contributed by atoms with E-state index in [-0.39, 0.29) is 51.7 Å². The fourth-order valence-corrected chi connectivity index (χ4v) is 6.47. The van der Waals surface area contributed by atoms with Gasteiger partial charge in [0.2, 0.25) is 10.0 Å². The number of hydrogen-bond acceptors (Lipinski definition) is 5. The predicted octanol–water partition coefficient (Wildman–Crippen LogP) is 3.13. The average molecular weight is 468 g/mol. The average Bonchev–Trinajstić information content (AvgIpc) is 2.64. The summed E-state index contributed by atoms with van der Waals surface area (Å²) in [6.07, 6.45) is 0. The van der Waals surface area contributed by atoms with Gasteiger partial charge in [-0.05, 0) is 35.9 Å². The Morgan fingerprint density at radius 3 is 2.32 bits per heavy atom. The van der Waals surface area contributed by atoms with Crippen molar-refractivity contribution in [1.29, 1.82) is 0 Å². The molecular weight excluding hydrogens is 452 g/mol. The third-order valence-electron chi connectivity index (χ3n) is 4.19. The Morgan fingerprint density at radius 2 is 1.68 bits per heavy atom. The number of sulfonamides is 1. The first-order chi connectivity index (χ1) is 13.1.